The number of nitrogens with two attached hydrogens (primary N) is 1. The van der Waals surface area contributed by atoms with Crippen LogP contribution in [0, 0.1) is 17.8 Å². The summed E-state index contributed by atoms with van der Waals surface area (Å²) in [6, 6.07) is 0. The van der Waals surface area contributed by atoms with Crippen molar-refractivity contribution in [2.75, 3.05) is 6.54 Å². The molecular formula is C12H25N3O5. The van der Waals surface area contributed by atoms with Gasteiger partial charge in [0.15, 0.2) is 0 Å². The van der Waals surface area contributed by atoms with Crippen LogP contribution in [-0.2, 0) is 4.79 Å². The minimum Gasteiger partial charge on any atom is -0.378 e. The molecule has 1 amide bonds. The number of hydrogen-bond donors (Lipinski definition) is 6. The molecule has 0 radical (unpaired) electrons. The fourth-order valence-electron chi connectivity index (χ4n) is 2.95. The van der Waals surface area contributed by atoms with Crippen molar-refractivity contribution in [3.8, 4) is 0 Å². The number of amides is 1. The van der Waals surface area contributed by atoms with Crippen molar-refractivity contribution in [2.24, 2.45) is 23.5 Å². The first-order chi connectivity index (χ1) is 9.29. The molecule has 1 aliphatic heterocycles. The fraction of sp³-hybridized carbons (Fsp3) is 0.917. The zero-order valence-electron chi connectivity index (χ0n) is 11.8. The first-order valence-corrected chi connectivity index (χ1v) is 6.78. The zero-order valence-corrected chi connectivity index (χ0v) is 11.8. The SMILES string of the molecule is CC(C)[C@H](C(N)=O)[C@@H]1CC[C@H](O)N(C[C@H](O)NO)[C@H]1O. The van der Waals surface area contributed by atoms with Crippen LogP contribution in [0.1, 0.15) is 26.7 Å². The molecule has 0 aromatic rings. The molecule has 0 unspecified atom stereocenters. The Morgan fingerprint density at radius 2 is 2.00 bits per heavy atom. The third-order valence-electron chi connectivity index (χ3n) is 3.90. The molecule has 1 fully saturated rings. The lowest BCUT2D eigenvalue weighted by molar-refractivity contribution is -0.189. The predicted octanol–water partition coefficient (Wildman–Crippen LogP) is -1.61. The predicted molar refractivity (Wildman–Crippen MR) is 69.9 cm³/mol. The highest BCUT2D eigenvalue weighted by atomic mass is 16.5. The first kappa shape index (κ1) is 17.3. The number of primary amides is 1. The Labute approximate surface area is 118 Å². The van der Waals surface area contributed by atoms with E-state index in [0.717, 1.165) is 0 Å². The Balaban J connectivity index is 2.86. The number of nitrogens with zero attached hydrogens (tertiary/aromatic N) is 1. The van der Waals surface area contributed by atoms with Gasteiger partial charge in [0.25, 0.3) is 0 Å². The Hall–Kier alpha value is -0.770. The van der Waals surface area contributed by atoms with E-state index in [-0.39, 0.29) is 12.5 Å². The molecule has 7 N–H and O–H groups in total. The van der Waals surface area contributed by atoms with Crippen molar-refractivity contribution < 1.29 is 25.3 Å². The molecule has 8 heteroatoms. The Morgan fingerprint density at radius 1 is 1.40 bits per heavy atom. The molecule has 1 heterocycles. The summed E-state index contributed by atoms with van der Waals surface area (Å²) in [4.78, 5) is 12.8. The molecule has 1 aliphatic rings. The number of hydroxylamine groups is 1. The second kappa shape index (κ2) is 7.30. The second-order valence-electron chi connectivity index (χ2n) is 5.65. The number of likely N-dealkylation sites (tertiary alicyclic amines) is 1. The number of piperidine rings is 1. The van der Waals surface area contributed by atoms with Crippen LogP contribution < -0.4 is 11.2 Å². The third kappa shape index (κ3) is 3.87. The minimum atomic E-state index is -1.30. The third-order valence-corrected chi connectivity index (χ3v) is 3.90. The van der Waals surface area contributed by atoms with Crippen molar-refractivity contribution in [3.05, 3.63) is 0 Å². The van der Waals surface area contributed by atoms with Gasteiger partial charge >= 0.3 is 0 Å². The van der Waals surface area contributed by atoms with E-state index in [1.807, 2.05) is 13.8 Å². The molecule has 1 saturated heterocycles. The number of aliphatic hydroxyl groups excluding tert-OH is 3. The number of nitrogens with one attached hydrogen (secondary N) is 1. The minimum absolute atomic E-state index is 0.0369. The van der Waals surface area contributed by atoms with Crippen molar-refractivity contribution in [1.82, 2.24) is 10.4 Å². The average Bonchev–Trinajstić information content (AvgIpc) is 2.36. The van der Waals surface area contributed by atoms with Crippen LogP contribution in [0.3, 0.4) is 0 Å². The van der Waals surface area contributed by atoms with Crippen LogP contribution in [0.15, 0.2) is 0 Å². The molecule has 0 saturated carbocycles. The average molecular weight is 291 g/mol. The van der Waals surface area contributed by atoms with Crippen molar-refractivity contribution >= 4 is 5.91 Å². The van der Waals surface area contributed by atoms with Crippen LogP contribution in [0.4, 0.5) is 0 Å². The highest BCUT2D eigenvalue weighted by Gasteiger charge is 2.42. The van der Waals surface area contributed by atoms with Crippen LogP contribution in [0.25, 0.3) is 0 Å². The summed E-state index contributed by atoms with van der Waals surface area (Å²) in [6.45, 7) is 3.53. The molecule has 0 aliphatic carbocycles. The zero-order chi connectivity index (χ0) is 15.4. The van der Waals surface area contributed by atoms with Gasteiger partial charge in [0.2, 0.25) is 5.91 Å². The van der Waals surface area contributed by atoms with E-state index in [9.17, 15) is 20.1 Å². The van der Waals surface area contributed by atoms with E-state index < -0.39 is 36.4 Å². The smallest absolute Gasteiger partial charge is 0.221 e. The number of aliphatic hydroxyl groups is 3. The lowest BCUT2D eigenvalue weighted by atomic mass is 9.77. The van der Waals surface area contributed by atoms with E-state index in [2.05, 4.69) is 0 Å². The van der Waals surface area contributed by atoms with Crippen LogP contribution in [-0.4, -0.2) is 56.6 Å². The number of carbonyl (C=O) groups is 1. The molecule has 8 nitrogen and oxygen atoms in total. The molecule has 1 rings (SSSR count). The fourth-order valence-corrected chi connectivity index (χ4v) is 2.95. The number of β-amino-alcohol motifs (C(OH)–C–C–N with tert-alkyl or cyclic N) is 1. The summed E-state index contributed by atoms with van der Waals surface area (Å²) >= 11 is 0. The molecule has 0 spiro atoms. The van der Waals surface area contributed by atoms with Crippen LogP contribution in [0.2, 0.25) is 0 Å². The monoisotopic (exact) mass is 291 g/mol. The largest absolute Gasteiger partial charge is 0.378 e. The molecule has 0 bridgehead atoms. The van der Waals surface area contributed by atoms with Gasteiger partial charge in [-0.1, -0.05) is 13.8 Å². The summed E-state index contributed by atoms with van der Waals surface area (Å²) < 4.78 is 0. The topological polar surface area (TPSA) is 139 Å². The maximum atomic E-state index is 11.6. The summed E-state index contributed by atoms with van der Waals surface area (Å²) in [5.74, 6) is -1.45. The van der Waals surface area contributed by atoms with Gasteiger partial charge in [0, 0.05) is 18.4 Å². The lowest BCUT2D eigenvalue weighted by Gasteiger charge is -2.44. The van der Waals surface area contributed by atoms with Gasteiger partial charge in [-0.2, -0.15) is 5.48 Å². The Bertz CT molecular complexity index is 328. The number of hydrogen-bond acceptors (Lipinski definition) is 7. The maximum Gasteiger partial charge on any atom is 0.221 e. The second-order valence-corrected chi connectivity index (χ2v) is 5.65. The molecular weight excluding hydrogens is 266 g/mol. The standard InChI is InChI=1S/C12H25N3O5/c1-6(2)10(11(13)18)7-3-4-9(17)15(12(7)19)5-8(16)14-20/h6-10,12,14,16-17,19-20H,3-5H2,1-2H3,(H2,13,18)/t7-,8-,9-,10-,12-/m0/s1. The van der Waals surface area contributed by atoms with E-state index in [4.69, 9.17) is 10.9 Å². The highest BCUT2D eigenvalue weighted by molar-refractivity contribution is 5.77. The van der Waals surface area contributed by atoms with E-state index in [1.54, 1.807) is 5.48 Å². The lowest BCUT2D eigenvalue weighted by Crippen LogP contribution is -2.58. The van der Waals surface area contributed by atoms with Crippen molar-refractivity contribution in [3.63, 3.8) is 0 Å². The summed E-state index contributed by atoms with van der Waals surface area (Å²) in [7, 11) is 0. The summed E-state index contributed by atoms with van der Waals surface area (Å²) in [6.07, 6.45) is -2.53. The van der Waals surface area contributed by atoms with Gasteiger partial charge in [0.1, 0.15) is 18.7 Å². The van der Waals surface area contributed by atoms with Crippen LogP contribution in [0.5, 0.6) is 0 Å². The normalized spacial score (nSPS) is 31.2. The summed E-state index contributed by atoms with van der Waals surface area (Å²) in [5, 5.41) is 38.2. The van der Waals surface area contributed by atoms with Gasteiger partial charge in [-0.3, -0.25) is 4.79 Å². The van der Waals surface area contributed by atoms with Crippen molar-refractivity contribution in [1.29, 1.82) is 0 Å². The number of rotatable bonds is 6. The highest BCUT2D eigenvalue weighted by Crippen LogP contribution is 2.34. The van der Waals surface area contributed by atoms with E-state index in [1.165, 1.54) is 4.90 Å². The van der Waals surface area contributed by atoms with Gasteiger partial charge < -0.3 is 26.3 Å². The van der Waals surface area contributed by atoms with Crippen LogP contribution >= 0.6 is 0 Å². The first-order valence-electron chi connectivity index (χ1n) is 6.78. The van der Waals surface area contributed by atoms with E-state index >= 15 is 0 Å². The Morgan fingerprint density at radius 3 is 2.45 bits per heavy atom. The van der Waals surface area contributed by atoms with Crippen molar-refractivity contribution in [2.45, 2.75) is 45.4 Å². The summed E-state index contributed by atoms with van der Waals surface area (Å²) in [5.41, 5.74) is 7.05. The maximum absolute atomic E-state index is 11.6. The quantitative estimate of drug-likeness (QED) is 0.255. The molecule has 0 aromatic carbocycles. The molecule has 118 valence electrons. The number of carbonyl (C=O) groups excluding carboxylic acids is 1. The van der Waals surface area contributed by atoms with Gasteiger partial charge in [-0.05, 0) is 18.8 Å². The van der Waals surface area contributed by atoms with Gasteiger partial charge in [-0.15, -0.1) is 0 Å². The van der Waals surface area contributed by atoms with Gasteiger partial charge in [0.05, 0.1) is 0 Å². The Kier molecular flexibility index (Phi) is 6.31. The van der Waals surface area contributed by atoms with E-state index in [0.29, 0.717) is 12.8 Å². The molecule has 0 aromatic heterocycles. The van der Waals surface area contributed by atoms with Gasteiger partial charge in [-0.25, -0.2) is 4.90 Å². The molecule has 20 heavy (non-hydrogen) atoms. The molecule has 5 atom stereocenters.